The molecule has 0 saturated carbocycles. The average molecular weight is 332 g/mol. The van der Waals surface area contributed by atoms with Gasteiger partial charge in [-0.2, -0.15) is 0 Å². The van der Waals surface area contributed by atoms with Crippen LogP contribution in [-0.4, -0.2) is 34.0 Å². The number of nitrogens with one attached hydrogen (secondary N) is 1. The standard InChI is InChI=1S/C18H24N2O2S/c1-4-15-10-12-16(13-11-15)18(20(2)3)14-19-23(21,22)17-8-6-5-7-9-17/h5-13,18-19H,4,14H2,1-3H3. The molecule has 0 bridgehead atoms. The molecule has 0 aromatic heterocycles. The molecular formula is C18H24N2O2S. The maximum Gasteiger partial charge on any atom is 0.240 e. The van der Waals surface area contributed by atoms with Gasteiger partial charge >= 0.3 is 0 Å². The topological polar surface area (TPSA) is 49.4 Å². The summed E-state index contributed by atoms with van der Waals surface area (Å²) in [5.74, 6) is 0. The summed E-state index contributed by atoms with van der Waals surface area (Å²) in [5.41, 5.74) is 2.37. The van der Waals surface area contributed by atoms with Crippen molar-refractivity contribution in [3.8, 4) is 0 Å². The van der Waals surface area contributed by atoms with E-state index in [4.69, 9.17) is 0 Å². The van der Waals surface area contributed by atoms with Crippen LogP contribution in [0.25, 0.3) is 0 Å². The Balaban J connectivity index is 2.14. The van der Waals surface area contributed by atoms with Crippen LogP contribution in [0.1, 0.15) is 24.1 Å². The van der Waals surface area contributed by atoms with Gasteiger partial charge in [-0.1, -0.05) is 49.4 Å². The Hall–Kier alpha value is -1.69. The van der Waals surface area contributed by atoms with Crippen LogP contribution in [0.2, 0.25) is 0 Å². The Kier molecular flexibility index (Phi) is 5.93. The molecule has 2 aromatic carbocycles. The quantitative estimate of drug-likeness (QED) is 0.848. The number of aryl methyl sites for hydroxylation is 1. The van der Waals surface area contributed by atoms with E-state index < -0.39 is 10.0 Å². The molecule has 4 nitrogen and oxygen atoms in total. The minimum absolute atomic E-state index is 0.0145. The molecule has 0 spiro atoms. The van der Waals surface area contributed by atoms with Crippen LogP contribution < -0.4 is 4.72 Å². The van der Waals surface area contributed by atoms with Gasteiger partial charge in [0.25, 0.3) is 0 Å². The number of rotatable bonds is 7. The molecule has 0 saturated heterocycles. The van der Waals surface area contributed by atoms with Crippen LogP contribution in [0.4, 0.5) is 0 Å². The van der Waals surface area contributed by atoms with Crippen LogP contribution in [0, 0.1) is 0 Å². The van der Waals surface area contributed by atoms with Crippen molar-refractivity contribution in [2.75, 3.05) is 20.6 Å². The highest BCUT2D eigenvalue weighted by atomic mass is 32.2. The molecule has 0 aliphatic carbocycles. The Morgan fingerprint density at radius 3 is 2.13 bits per heavy atom. The first kappa shape index (κ1) is 17.7. The molecule has 124 valence electrons. The van der Waals surface area contributed by atoms with Crippen LogP contribution in [0.15, 0.2) is 59.5 Å². The summed E-state index contributed by atoms with van der Waals surface area (Å²) >= 11 is 0. The largest absolute Gasteiger partial charge is 0.301 e. The van der Waals surface area contributed by atoms with Crippen molar-refractivity contribution in [3.05, 3.63) is 65.7 Å². The van der Waals surface area contributed by atoms with Crippen molar-refractivity contribution in [2.45, 2.75) is 24.3 Å². The van der Waals surface area contributed by atoms with Gasteiger partial charge in [0.15, 0.2) is 0 Å². The zero-order valence-corrected chi connectivity index (χ0v) is 14.7. The van der Waals surface area contributed by atoms with Crippen LogP contribution in [-0.2, 0) is 16.4 Å². The summed E-state index contributed by atoms with van der Waals surface area (Å²) in [6, 6.07) is 16.8. The first-order valence-corrected chi connectivity index (χ1v) is 9.22. The predicted octanol–water partition coefficient (Wildman–Crippen LogP) is 2.83. The number of likely N-dealkylation sites (N-methyl/N-ethyl adjacent to an activating group) is 1. The normalized spacial score (nSPS) is 13.2. The number of sulfonamides is 1. The lowest BCUT2D eigenvalue weighted by molar-refractivity contribution is 0.299. The minimum Gasteiger partial charge on any atom is -0.301 e. The number of benzene rings is 2. The van der Waals surface area contributed by atoms with Gasteiger partial charge in [-0.15, -0.1) is 0 Å². The summed E-state index contributed by atoms with van der Waals surface area (Å²) in [5, 5.41) is 0. The van der Waals surface area contributed by atoms with Gasteiger partial charge in [-0.25, -0.2) is 13.1 Å². The molecule has 0 fully saturated rings. The lowest BCUT2D eigenvalue weighted by Crippen LogP contribution is -2.34. The lowest BCUT2D eigenvalue weighted by Gasteiger charge is -2.25. The van der Waals surface area contributed by atoms with Crippen molar-refractivity contribution in [2.24, 2.45) is 0 Å². The first-order valence-electron chi connectivity index (χ1n) is 7.74. The van der Waals surface area contributed by atoms with E-state index in [1.165, 1.54) is 5.56 Å². The number of hydrogen-bond donors (Lipinski definition) is 1. The molecule has 2 rings (SSSR count). The molecule has 0 aliphatic rings. The highest BCUT2D eigenvalue weighted by molar-refractivity contribution is 7.89. The van der Waals surface area contributed by atoms with Gasteiger partial charge in [0.2, 0.25) is 10.0 Å². The molecule has 1 atom stereocenters. The Morgan fingerprint density at radius 2 is 1.61 bits per heavy atom. The number of nitrogens with zero attached hydrogens (tertiary/aromatic N) is 1. The van der Waals surface area contributed by atoms with Crippen molar-refractivity contribution in [1.29, 1.82) is 0 Å². The fraction of sp³-hybridized carbons (Fsp3) is 0.333. The van der Waals surface area contributed by atoms with Crippen LogP contribution >= 0.6 is 0 Å². The van der Waals surface area contributed by atoms with E-state index in [2.05, 4.69) is 35.9 Å². The van der Waals surface area contributed by atoms with E-state index in [0.29, 0.717) is 11.4 Å². The zero-order valence-electron chi connectivity index (χ0n) is 13.9. The second-order valence-corrected chi connectivity index (χ2v) is 7.51. The van der Waals surface area contributed by atoms with Gasteiger partial charge in [-0.05, 0) is 43.8 Å². The molecule has 0 heterocycles. The monoisotopic (exact) mass is 332 g/mol. The van der Waals surface area contributed by atoms with Gasteiger partial charge in [-0.3, -0.25) is 0 Å². The van der Waals surface area contributed by atoms with Gasteiger partial charge in [0.05, 0.1) is 4.90 Å². The third kappa shape index (κ3) is 4.64. The van der Waals surface area contributed by atoms with Crippen molar-refractivity contribution >= 4 is 10.0 Å². The smallest absolute Gasteiger partial charge is 0.240 e. The van der Waals surface area contributed by atoms with E-state index in [9.17, 15) is 8.42 Å². The second-order valence-electron chi connectivity index (χ2n) is 5.74. The average Bonchev–Trinajstić information content (AvgIpc) is 2.56. The summed E-state index contributed by atoms with van der Waals surface area (Å²) in [6.07, 6.45) is 0.994. The third-order valence-electron chi connectivity index (χ3n) is 3.92. The van der Waals surface area contributed by atoms with Crippen molar-refractivity contribution in [3.63, 3.8) is 0 Å². The van der Waals surface area contributed by atoms with Gasteiger partial charge in [0.1, 0.15) is 0 Å². The Bertz CT molecular complexity index is 710. The predicted molar refractivity (Wildman–Crippen MR) is 93.9 cm³/mol. The molecule has 0 amide bonds. The van der Waals surface area contributed by atoms with Crippen LogP contribution in [0.3, 0.4) is 0 Å². The first-order chi connectivity index (χ1) is 10.9. The molecule has 5 heteroatoms. The van der Waals surface area contributed by atoms with E-state index in [0.717, 1.165) is 12.0 Å². The highest BCUT2D eigenvalue weighted by Gasteiger charge is 2.19. The molecule has 1 N–H and O–H groups in total. The summed E-state index contributed by atoms with van der Waals surface area (Å²) in [6.45, 7) is 2.45. The van der Waals surface area contributed by atoms with Crippen LogP contribution in [0.5, 0.6) is 0 Å². The molecule has 1 unspecified atom stereocenters. The van der Waals surface area contributed by atoms with E-state index in [1.54, 1.807) is 30.3 Å². The maximum atomic E-state index is 12.4. The summed E-state index contributed by atoms with van der Waals surface area (Å²) in [4.78, 5) is 2.31. The second kappa shape index (κ2) is 7.73. The number of hydrogen-bond acceptors (Lipinski definition) is 3. The summed E-state index contributed by atoms with van der Waals surface area (Å²) in [7, 11) is 0.421. The van der Waals surface area contributed by atoms with Crippen molar-refractivity contribution < 1.29 is 8.42 Å². The molecule has 0 aliphatic heterocycles. The fourth-order valence-electron chi connectivity index (χ4n) is 2.45. The summed E-state index contributed by atoms with van der Waals surface area (Å²) < 4.78 is 27.4. The lowest BCUT2D eigenvalue weighted by atomic mass is 10.0. The Morgan fingerprint density at radius 1 is 1.00 bits per heavy atom. The molecule has 0 radical (unpaired) electrons. The van der Waals surface area contributed by atoms with Gasteiger partial charge in [0, 0.05) is 12.6 Å². The van der Waals surface area contributed by atoms with Crippen molar-refractivity contribution in [1.82, 2.24) is 9.62 Å². The zero-order chi connectivity index (χ0) is 16.9. The molecular weight excluding hydrogens is 308 g/mol. The third-order valence-corrected chi connectivity index (χ3v) is 5.36. The highest BCUT2D eigenvalue weighted by Crippen LogP contribution is 2.19. The minimum atomic E-state index is -3.49. The molecule has 23 heavy (non-hydrogen) atoms. The van der Waals surface area contributed by atoms with Gasteiger partial charge < -0.3 is 4.90 Å². The molecule has 2 aromatic rings. The SMILES string of the molecule is CCc1ccc(C(CNS(=O)(=O)c2ccccc2)N(C)C)cc1. The van der Waals surface area contributed by atoms with E-state index in [-0.39, 0.29) is 6.04 Å². The van der Waals surface area contributed by atoms with E-state index >= 15 is 0 Å². The maximum absolute atomic E-state index is 12.4. The Labute approximate surface area is 139 Å². The fourth-order valence-corrected chi connectivity index (χ4v) is 3.51. The van der Waals surface area contributed by atoms with E-state index in [1.807, 2.05) is 19.0 Å².